The number of nitrogens with two attached hydrogens (primary N) is 1. The molecule has 0 fully saturated rings. The lowest BCUT2D eigenvalue weighted by Crippen LogP contribution is -2.15. The molecule has 0 spiro atoms. The van der Waals surface area contributed by atoms with E-state index in [0.717, 1.165) is 15.7 Å². The predicted octanol–water partition coefficient (Wildman–Crippen LogP) is 3.81. The number of nitrogens with zero attached hydrogens (tertiary/aromatic N) is 1. The molecule has 2 aromatic carbocycles. The molecule has 2 aromatic rings. The molecule has 18 heavy (non-hydrogen) atoms. The van der Waals surface area contributed by atoms with Crippen molar-refractivity contribution in [2.75, 3.05) is 11.9 Å². The number of halogens is 2. The van der Waals surface area contributed by atoms with Gasteiger partial charge in [-0.05, 0) is 24.3 Å². The first kappa shape index (κ1) is 13.1. The Morgan fingerprint density at radius 2 is 1.78 bits per heavy atom. The minimum absolute atomic E-state index is 0.247. The highest BCUT2D eigenvalue weighted by molar-refractivity contribution is 9.10. The summed E-state index contributed by atoms with van der Waals surface area (Å²) in [4.78, 5) is 1.81. The van der Waals surface area contributed by atoms with Crippen LogP contribution in [0.3, 0.4) is 0 Å². The summed E-state index contributed by atoms with van der Waals surface area (Å²) in [6.07, 6.45) is 0. The van der Waals surface area contributed by atoms with Crippen LogP contribution < -0.4 is 10.6 Å². The van der Waals surface area contributed by atoms with Crippen molar-refractivity contribution >= 4 is 27.3 Å². The Balaban J connectivity index is 2.50. The van der Waals surface area contributed by atoms with Gasteiger partial charge < -0.3 is 10.6 Å². The minimum Gasteiger partial charge on any atom is -0.342 e. The van der Waals surface area contributed by atoms with E-state index in [0.29, 0.717) is 12.2 Å². The van der Waals surface area contributed by atoms with Gasteiger partial charge >= 0.3 is 0 Å². The highest BCUT2D eigenvalue weighted by Gasteiger charge is 2.13. The summed E-state index contributed by atoms with van der Waals surface area (Å²) in [5, 5.41) is 0. The van der Waals surface area contributed by atoms with Crippen LogP contribution in [-0.4, -0.2) is 7.05 Å². The van der Waals surface area contributed by atoms with E-state index in [1.807, 2.05) is 36.2 Å². The van der Waals surface area contributed by atoms with Crippen molar-refractivity contribution in [3.63, 3.8) is 0 Å². The van der Waals surface area contributed by atoms with E-state index >= 15 is 0 Å². The van der Waals surface area contributed by atoms with Crippen molar-refractivity contribution in [3.8, 4) is 0 Å². The Morgan fingerprint density at radius 1 is 1.11 bits per heavy atom. The molecule has 2 N–H and O–H groups in total. The molecule has 94 valence electrons. The average Bonchev–Trinajstić information content (AvgIpc) is 2.38. The number of anilines is 2. The fourth-order valence-electron chi connectivity index (χ4n) is 1.92. The predicted molar refractivity (Wildman–Crippen MR) is 76.5 cm³/mol. The third kappa shape index (κ3) is 2.40. The van der Waals surface area contributed by atoms with E-state index < -0.39 is 0 Å². The van der Waals surface area contributed by atoms with E-state index in [2.05, 4.69) is 15.9 Å². The molecule has 0 aromatic heterocycles. The molecule has 0 heterocycles. The lowest BCUT2D eigenvalue weighted by molar-refractivity contribution is 0.627. The van der Waals surface area contributed by atoms with Gasteiger partial charge in [-0.2, -0.15) is 0 Å². The van der Waals surface area contributed by atoms with Gasteiger partial charge in [-0.15, -0.1) is 0 Å². The minimum atomic E-state index is -0.247. The Morgan fingerprint density at radius 3 is 2.44 bits per heavy atom. The summed E-state index contributed by atoms with van der Waals surface area (Å²) >= 11 is 3.47. The van der Waals surface area contributed by atoms with Gasteiger partial charge in [0, 0.05) is 29.3 Å². The lowest BCUT2D eigenvalue weighted by Gasteiger charge is -2.23. The molecule has 0 aliphatic heterocycles. The number of hydrogen-bond donors (Lipinski definition) is 1. The molecule has 2 nitrogen and oxygen atoms in total. The van der Waals surface area contributed by atoms with Gasteiger partial charge in [0.1, 0.15) is 5.82 Å². The molecule has 4 heteroatoms. The molecular weight excluding hydrogens is 295 g/mol. The second-order valence-corrected chi connectivity index (χ2v) is 4.81. The van der Waals surface area contributed by atoms with Gasteiger partial charge in [0.15, 0.2) is 0 Å². The van der Waals surface area contributed by atoms with Crippen LogP contribution in [0.5, 0.6) is 0 Å². The van der Waals surface area contributed by atoms with Crippen LogP contribution in [0, 0.1) is 5.82 Å². The zero-order valence-electron chi connectivity index (χ0n) is 10.0. The maximum absolute atomic E-state index is 13.8. The third-order valence-electron chi connectivity index (χ3n) is 2.87. The maximum Gasteiger partial charge on any atom is 0.146 e. The van der Waals surface area contributed by atoms with Gasteiger partial charge in [-0.25, -0.2) is 4.39 Å². The molecule has 0 unspecified atom stereocenters. The largest absolute Gasteiger partial charge is 0.342 e. The van der Waals surface area contributed by atoms with E-state index in [1.54, 1.807) is 12.1 Å². The van der Waals surface area contributed by atoms with Gasteiger partial charge in [-0.3, -0.25) is 0 Å². The molecule has 0 bridgehead atoms. The Hall–Kier alpha value is -1.39. The Bertz CT molecular complexity index is 557. The van der Waals surface area contributed by atoms with Gasteiger partial charge in [0.2, 0.25) is 0 Å². The average molecular weight is 309 g/mol. The summed E-state index contributed by atoms with van der Waals surface area (Å²) in [5.74, 6) is -0.247. The van der Waals surface area contributed by atoms with Crippen LogP contribution in [-0.2, 0) is 6.54 Å². The molecule has 0 aliphatic carbocycles. The van der Waals surface area contributed by atoms with Gasteiger partial charge in [0.05, 0.1) is 5.69 Å². The van der Waals surface area contributed by atoms with Crippen molar-refractivity contribution in [3.05, 3.63) is 58.3 Å². The second kappa shape index (κ2) is 5.50. The summed E-state index contributed by atoms with van der Waals surface area (Å²) < 4.78 is 14.7. The van der Waals surface area contributed by atoms with Crippen LogP contribution in [0.2, 0.25) is 0 Å². The molecular formula is C14H14BrFN2. The molecule has 0 saturated heterocycles. The molecule has 0 atom stereocenters. The zero-order chi connectivity index (χ0) is 13.1. The van der Waals surface area contributed by atoms with Crippen molar-refractivity contribution < 1.29 is 4.39 Å². The van der Waals surface area contributed by atoms with Crippen molar-refractivity contribution in [1.29, 1.82) is 0 Å². The second-order valence-electron chi connectivity index (χ2n) is 3.95. The fourth-order valence-corrected chi connectivity index (χ4v) is 2.43. The molecule has 0 radical (unpaired) electrons. The van der Waals surface area contributed by atoms with Crippen LogP contribution in [0.25, 0.3) is 0 Å². The van der Waals surface area contributed by atoms with E-state index in [1.165, 1.54) is 6.07 Å². The highest BCUT2D eigenvalue weighted by atomic mass is 79.9. The number of para-hydroxylation sites is 1. The smallest absolute Gasteiger partial charge is 0.146 e. The summed E-state index contributed by atoms with van der Waals surface area (Å²) in [5.41, 5.74) is 8.15. The van der Waals surface area contributed by atoms with E-state index in [9.17, 15) is 4.39 Å². The molecule has 0 amide bonds. The van der Waals surface area contributed by atoms with Crippen LogP contribution in [0.4, 0.5) is 15.8 Å². The SMILES string of the molecule is CN(c1ccccc1F)c1cccc(Br)c1CN. The van der Waals surface area contributed by atoms with Crippen LogP contribution in [0.1, 0.15) is 5.56 Å². The lowest BCUT2D eigenvalue weighted by atomic mass is 10.1. The number of rotatable bonds is 3. The molecule has 0 saturated carbocycles. The zero-order valence-corrected chi connectivity index (χ0v) is 11.6. The maximum atomic E-state index is 13.8. The first-order valence-electron chi connectivity index (χ1n) is 5.61. The molecule has 0 aliphatic rings. The first-order valence-corrected chi connectivity index (χ1v) is 6.40. The van der Waals surface area contributed by atoms with Crippen LogP contribution in [0.15, 0.2) is 46.9 Å². The normalized spacial score (nSPS) is 10.4. The van der Waals surface area contributed by atoms with E-state index in [4.69, 9.17) is 5.73 Å². The Kier molecular flexibility index (Phi) is 3.99. The first-order chi connectivity index (χ1) is 8.65. The highest BCUT2D eigenvalue weighted by Crippen LogP contribution is 2.32. The van der Waals surface area contributed by atoms with E-state index in [-0.39, 0.29) is 5.82 Å². The van der Waals surface area contributed by atoms with Crippen molar-refractivity contribution in [1.82, 2.24) is 0 Å². The topological polar surface area (TPSA) is 29.3 Å². The number of hydrogen-bond acceptors (Lipinski definition) is 2. The van der Waals surface area contributed by atoms with Crippen molar-refractivity contribution in [2.45, 2.75) is 6.54 Å². The van der Waals surface area contributed by atoms with Crippen molar-refractivity contribution in [2.24, 2.45) is 5.73 Å². The standard InChI is InChI=1S/C14H14BrFN2/c1-18(14-7-3-2-6-12(14)16)13-8-4-5-11(15)10(13)9-17/h2-8H,9,17H2,1H3. The monoisotopic (exact) mass is 308 g/mol. The fraction of sp³-hybridized carbons (Fsp3) is 0.143. The quantitative estimate of drug-likeness (QED) is 0.934. The summed E-state index contributed by atoms with van der Waals surface area (Å²) in [6, 6.07) is 12.5. The molecule has 2 rings (SSSR count). The summed E-state index contributed by atoms with van der Waals surface area (Å²) in [7, 11) is 1.83. The third-order valence-corrected chi connectivity index (χ3v) is 3.62. The van der Waals surface area contributed by atoms with Gasteiger partial charge in [0.25, 0.3) is 0 Å². The summed E-state index contributed by atoms with van der Waals surface area (Å²) in [6.45, 7) is 0.398. The van der Waals surface area contributed by atoms with Gasteiger partial charge in [-0.1, -0.05) is 34.1 Å². The number of benzene rings is 2. The Labute approximate surface area is 114 Å². The van der Waals surface area contributed by atoms with Crippen LogP contribution >= 0.6 is 15.9 Å².